The summed E-state index contributed by atoms with van der Waals surface area (Å²) in [6.45, 7) is 6.24. The van der Waals surface area contributed by atoms with Gasteiger partial charge in [-0.2, -0.15) is 0 Å². The van der Waals surface area contributed by atoms with E-state index in [1.807, 2.05) is 190 Å². The van der Waals surface area contributed by atoms with Gasteiger partial charge in [0.05, 0.1) is 34.2 Å². The highest BCUT2D eigenvalue weighted by molar-refractivity contribution is 5.75. The van der Waals surface area contributed by atoms with Crippen LogP contribution >= 0.6 is 0 Å². The Bertz CT molecular complexity index is 5340. The highest BCUT2D eigenvalue weighted by Gasteiger charge is 2.09. The standard InChI is InChI=1S/3C18H15N.3C17H13N/c1-14-12-18(16-10-6-3-7-11-16)19-13-17(14)15-8-4-2-5-9-15;1-14-6-5-9-18(19-14)17-12-10-16(11-13-17)15-7-3-2-4-8-15;1-14-11-12-19-18(13-14)17-9-7-16(8-10-17)15-5-3-2-4-6-15;1-3-7-14(8-4-1)16-11-12-18-17(13-16)15-9-5-2-6-10-15;1-3-7-14(8-4-1)16-11-12-17(18-13-16)15-9-5-2-6-10-15;1-2-6-14(7-3-1)15-9-11-16(12-10-15)17-8-4-5-13-18-17/h3*2-13H,1H3;3*1-13H. The lowest BCUT2D eigenvalue weighted by Crippen LogP contribution is -1.89. The molecule has 0 amide bonds. The Balaban J connectivity index is 0.000000117. The SMILES string of the molecule is Cc1cc(-c2ccccc2)ncc1-c1ccccc1.Cc1cccc(-c2ccc(-c3ccccc3)cc2)n1.Cc1ccnc(-c2ccc(-c3ccccc3)cc2)c1.c1ccc(-c2ccc(-c3ccccc3)nc2)cc1.c1ccc(-c2ccc(-c3ccccn3)cc2)cc1.c1ccc(-c2ccnc(-c3ccccc3)c2)cc1. The van der Waals surface area contributed by atoms with Crippen LogP contribution in [-0.2, 0) is 0 Å². The van der Waals surface area contributed by atoms with E-state index in [0.717, 1.165) is 78.8 Å². The summed E-state index contributed by atoms with van der Waals surface area (Å²) in [6, 6.07) is 145. The van der Waals surface area contributed by atoms with Crippen molar-refractivity contribution in [2.45, 2.75) is 20.8 Å². The monoisotopic (exact) mass is 1430 g/mol. The van der Waals surface area contributed by atoms with Crippen molar-refractivity contribution in [3.05, 3.63) is 472 Å². The molecule has 6 nitrogen and oxygen atoms in total. The van der Waals surface area contributed by atoms with Crippen LogP contribution in [0, 0.1) is 20.8 Å². The zero-order chi connectivity index (χ0) is 75.9. The van der Waals surface area contributed by atoms with Crippen LogP contribution < -0.4 is 0 Å². The van der Waals surface area contributed by atoms with E-state index in [-0.39, 0.29) is 0 Å². The molecule has 0 atom stereocenters. The summed E-state index contributed by atoms with van der Waals surface area (Å²) >= 11 is 0. The van der Waals surface area contributed by atoms with Crippen molar-refractivity contribution in [1.82, 2.24) is 29.9 Å². The molecular weight excluding hydrogens is 1350 g/mol. The number of benzene rings is 12. The third kappa shape index (κ3) is 21.6. The van der Waals surface area contributed by atoms with Crippen LogP contribution in [0.1, 0.15) is 16.8 Å². The van der Waals surface area contributed by atoms with E-state index in [0.29, 0.717) is 0 Å². The molecule has 0 aliphatic rings. The molecule has 0 aliphatic carbocycles. The van der Waals surface area contributed by atoms with E-state index in [1.165, 1.54) is 72.3 Å². The molecule has 0 aliphatic heterocycles. The number of nitrogens with zero attached hydrogens (tertiary/aromatic N) is 6. The van der Waals surface area contributed by atoms with Crippen LogP contribution in [0.5, 0.6) is 0 Å². The summed E-state index contributed by atoms with van der Waals surface area (Å²) in [5, 5.41) is 0. The van der Waals surface area contributed by atoms with E-state index in [4.69, 9.17) is 0 Å². The van der Waals surface area contributed by atoms with E-state index < -0.39 is 0 Å². The average Bonchev–Trinajstić information content (AvgIpc) is 0.819. The Kier molecular flexibility index (Phi) is 26.4. The molecule has 18 rings (SSSR count). The minimum Gasteiger partial charge on any atom is -0.256 e. The molecule has 111 heavy (non-hydrogen) atoms. The first-order valence-electron chi connectivity index (χ1n) is 37.3. The number of aryl methyl sites for hydroxylation is 3. The first-order valence-corrected chi connectivity index (χ1v) is 37.3. The van der Waals surface area contributed by atoms with Crippen LogP contribution in [0.25, 0.3) is 134 Å². The average molecular weight is 1430 g/mol. The van der Waals surface area contributed by atoms with Crippen LogP contribution in [0.3, 0.4) is 0 Å². The molecule has 0 saturated heterocycles. The molecule has 0 radical (unpaired) electrons. The van der Waals surface area contributed by atoms with Gasteiger partial charge < -0.3 is 0 Å². The van der Waals surface area contributed by atoms with Crippen molar-refractivity contribution in [2.24, 2.45) is 0 Å². The highest BCUT2D eigenvalue weighted by Crippen LogP contribution is 2.31. The van der Waals surface area contributed by atoms with Gasteiger partial charge >= 0.3 is 0 Å². The fourth-order valence-electron chi connectivity index (χ4n) is 12.5. The lowest BCUT2D eigenvalue weighted by molar-refractivity contribution is 1.21. The minimum absolute atomic E-state index is 1.01. The number of hydrogen-bond donors (Lipinski definition) is 0. The molecule has 0 N–H and O–H groups in total. The van der Waals surface area contributed by atoms with Crippen molar-refractivity contribution < 1.29 is 0 Å². The quantitative estimate of drug-likeness (QED) is 0.121. The molecule has 12 aromatic carbocycles. The van der Waals surface area contributed by atoms with Gasteiger partial charge in [0.2, 0.25) is 0 Å². The van der Waals surface area contributed by atoms with Crippen molar-refractivity contribution in [1.29, 1.82) is 0 Å². The summed E-state index contributed by atoms with van der Waals surface area (Å²) in [5.41, 5.74) is 31.2. The Hall–Kier alpha value is -14.5. The van der Waals surface area contributed by atoms with Gasteiger partial charge in [-0.3, -0.25) is 29.9 Å². The van der Waals surface area contributed by atoms with E-state index in [1.54, 1.807) is 0 Å². The predicted octanol–water partition coefficient (Wildman–Crippen LogP) is 27.4. The molecule has 6 heteroatoms. The number of rotatable bonds is 12. The molecule has 6 aromatic heterocycles. The fraction of sp³-hybridized carbons (Fsp3) is 0.0286. The first-order chi connectivity index (χ1) is 54.8. The number of aromatic nitrogens is 6. The third-order valence-electron chi connectivity index (χ3n) is 18.5. The summed E-state index contributed by atoms with van der Waals surface area (Å²) in [4.78, 5) is 26.9. The van der Waals surface area contributed by atoms with Gasteiger partial charge in [-0.15, -0.1) is 0 Å². The topological polar surface area (TPSA) is 77.3 Å². The zero-order valence-electron chi connectivity index (χ0n) is 62.5. The third-order valence-corrected chi connectivity index (χ3v) is 18.5. The molecule has 0 spiro atoms. The zero-order valence-corrected chi connectivity index (χ0v) is 62.5. The molecule has 0 saturated carbocycles. The van der Waals surface area contributed by atoms with Crippen molar-refractivity contribution >= 4 is 0 Å². The molecule has 18 aromatic rings. The van der Waals surface area contributed by atoms with Crippen LogP contribution in [-0.4, -0.2) is 29.9 Å². The van der Waals surface area contributed by atoms with Gasteiger partial charge in [-0.25, -0.2) is 0 Å². The second-order valence-corrected chi connectivity index (χ2v) is 26.4. The maximum Gasteiger partial charge on any atom is 0.0708 e. The predicted molar refractivity (Wildman–Crippen MR) is 465 cm³/mol. The number of pyridine rings is 6. The van der Waals surface area contributed by atoms with Crippen LogP contribution in [0.15, 0.2) is 456 Å². The van der Waals surface area contributed by atoms with Gasteiger partial charge in [0.15, 0.2) is 0 Å². The molecular formula is C105H84N6. The number of hydrogen-bond acceptors (Lipinski definition) is 6. The smallest absolute Gasteiger partial charge is 0.0708 e. The van der Waals surface area contributed by atoms with Crippen molar-refractivity contribution in [2.75, 3.05) is 0 Å². The summed E-state index contributed by atoms with van der Waals surface area (Å²) in [5.74, 6) is 0. The van der Waals surface area contributed by atoms with Gasteiger partial charge in [-0.05, 0) is 148 Å². The Labute approximate surface area is 653 Å². The minimum atomic E-state index is 1.01. The molecule has 0 unspecified atom stereocenters. The highest BCUT2D eigenvalue weighted by atomic mass is 14.7. The van der Waals surface area contributed by atoms with E-state index in [9.17, 15) is 0 Å². The van der Waals surface area contributed by atoms with Crippen molar-refractivity contribution in [3.8, 4) is 134 Å². The first kappa shape index (κ1) is 74.8. The fourth-order valence-corrected chi connectivity index (χ4v) is 12.5. The Morgan fingerprint density at radius 2 is 0.459 bits per heavy atom. The molecule has 0 bridgehead atoms. The van der Waals surface area contributed by atoms with E-state index >= 15 is 0 Å². The normalized spacial score (nSPS) is 10.3. The molecule has 0 fully saturated rings. The molecule has 6 heterocycles. The Morgan fingerprint density at radius 1 is 0.162 bits per heavy atom. The summed E-state index contributed by atoms with van der Waals surface area (Å²) in [7, 11) is 0. The second-order valence-electron chi connectivity index (χ2n) is 26.4. The maximum absolute atomic E-state index is 4.59. The van der Waals surface area contributed by atoms with Crippen LogP contribution in [0.4, 0.5) is 0 Å². The van der Waals surface area contributed by atoms with Crippen LogP contribution in [0.2, 0.25) is 0 Å². The van der Waals surface area contributed by atoms with Gasteiger partial charge in [0, 0.05) is 81.2 Å². The largest absolute Gasteiger partial charge is 0.256 e. The molecule has 534 valence electrons. The maximum atomic E-state index is 4.59. The lowest BCUT2D eigenvalue weighted by Gasteiger charge is -2.08. The van der Waals surface area contributed by atoms with Gasteiger partial charge in [0.25, 0.3) is 0 Å². The Morgan fingerprint density at radius 3 is 0.865 bits per heavy atom. The van der Waals surface area contributed by atoms with Crippen molar-refractivity contribution in [3.63, 3.8) is 0 Å². The van der Waals surface area contributed by atoms with Gasteiger partial charge in [-0.1, -0.05) is 364 Å². The van der Waals surface area contributed by atoms with Gasteiger partial charge in [0.1, 0.15) is 0 Å². The summed E-state index contributed by atoms with van der Waals surface area (Å²) in [6.07, 6.45) is 9.44. The van der Waals surface area contributed by atoms with E-state index in [2.05, 4.69) is 317 Å². The lowest BCUT2D eigenvalue weighted by atomic mass is 10.0. The summed E-state index contributed by atoms with van der Waals surface area (Å²) < 4.78 is 0. The second kappa shape index (κ2) is 39.2.